The number of hydrogen-bond donors (Lipinski definition) is 1. The number of H-pyrrole nitrogens is 1. The van der Waals surface area contributed by atoms with Crippen LogP contribution in [0.2, 0.25) is 4.34 Å². The molecule has 6 heteroatoms. The first kappa shape index (κ1) is 13.7. The van der Waals surface area contributed by atoms with E-state index in [-0.39, 0.29) is 0 Å². The molecule has 0 saturated heterocycles. The average Bonchev–Trinajstić information content (AvgIpc) is 3.09. The largest absolute Gasteiger partial charge is 0.497 e. The van der Waals surface area contributed by atoms with Crippen LogP contribution < -0.4 is 4.74 Å². The van der Waals surface area contributed by atoms with Gasteiger partial charge in [0.25, 0.3) is 0 Å². The van der Waals surface area contributed by atoms with E-state index in [1.807, 2.05) is 24.3 Å². The molecule has 1 aromatic carbocycles. The molecule has 3 aromatic rings. The summed E-state index contributed by atoms with van der Waals surface area (Å²) in [6.07, 6.45) is 1.77. The Kier molecular flexibility index (Phi) is 3.65. The summed E-state index contributed by atoms with van der Waals surface area (Å²) in [5.41, 5.74) is 2.08. The van der Waals surface area contributed by atoms with Gasteiger partial charge in [-0.15, -0.1) is 11.3 Å². The predicted molar refractivity (Wildman–Crippen MR) is 85.5 cm³/mol. The number of halogens is 1. The summed E-state index contributed by atoms with van der Waals surface area (Å²) in [7, 11) is 1.61. The topological polar surface area (TPSA) is 61.7 Å². The van der Waals surface area contributed by atoms with Crippen LogP contribution in [0.15, 0.2) is 30.3 Å². The summed E-state index contributed by atoms with van der Waals surface area (Å²) in [6.45, 7) is 0. The molecule has 1 N–H and O–H groups in total. The summed E-state index contributed by atoms with van der Waals surface area (Å²) in [5.74, 6) is 1.27. The third kappa shape index (κ3) is 2.77. The van der Waals surface area contributed by atoms with Crippen LogP contribution in [0.5, 0.6) is 5.75 Å². The molecular formula is C15H10ClN3OS. The highest BCUT2D eigenvalue weighted by Crippen LogP contribution is 2.26. The van der Waals surface area contributed by atoms with Crippen molar-refractivity contribution in [2.45, 2.75) is 0 Å². The Balaban J connectivity index is 2.05. The smallest absolute Gasteiger partial charge is 0.149 e. The maximum atomic E-state index is 9.34. The van der Waals surface area contributed by atoms with Gasteiger partial charge in [0, 0.05) is 10.9 Å². The summed E-state index contributed by atoms with van der Waals surface area (Å²) < 4.78 is 5.86. The van der Waals surface area contributed by atoms with E-state index in [0.717, 1.165) is 21.7 Å². The number of ether oxygens (including phenoxy) is 1. The summed E-state index contributed by atoms with van der Waals surface area (Å²) in [4.78, 5) is 8.48. The van der Waals surface area contributed by atoms with Crippen molar-refractivity contribution in [2.24, 2.45) is 0 Å². The van der Waals surface area contributed by atoms with Crippen molar-refractivity contribution in [3.05, 3.63) is 45.4 Å². The number of thiophene rings is 1. The molecule has 3 rings (SSSR count). The minimum absolute atomic E-state index is 0.462. The maximum absolute atomic E-state index is 9.34. The minimum Gasteiger partial charge on any atom is -0.497 e. The molecule has 0 fully saturated rings. The van der Waals surface area contributed by atoms with E-state index in [1.54, 1.807) is 19.3 Å². The Morgan fingerprint density at radius 3 is 2.95 bits per heavy atom. The van der Waals surface area contributed by atoms with E-state index in [0.29, 0.717) is 15.7 Å². The van der Waals surface area contributed by atoms with E-state index in [1.165, 1.54) is 11.3 Å². The molecule has 0 radical (unpaired) electrons. The highest BCUT2D eigenvalue weighted by molar-refractivity contribution is 7.17. The number of aromatic amines is 1. The van der Waals surface area contributed by atoms with Crippen LogP contribution in [0.3, 0.4) is 0 Å². The first-order valence-corrected chi connectivity index (χ1v) is 7.30. The lowest BCUT2D eigenvalue weighted by Gasteiger charge is -1.96. The summed E-state index contributed by atoms with van der Waals surface area (Å²) >= 11 is 7.32. The lowest BCUT2D eigenvalue weighted by molar-refractivity contribution is 0.415. The average molecular weight is 316 g/mol. The molecule has 0 spiro atoms. The van der Waals surface area contributed by atoms with Gasteiger partial charge in [0.05, 0.1) is 28.1 Å². The van der Waals surface area contributed by atoms with E-state index in [9.17, 15) is 5.26 Å². The summed E-state index contributed by atoms with van der Waals surface area (Å²) in [6, 6.07) is 11.4. The van der Waals surface area contributed by atoms with Crippen molar-refractivity contribution < 1.29 is 4.74 Å². The molecule has 0 unspecified atom stereocenters. The van der Waals surface area contributed by atoms with Crippen molar-refractivity contribution in [2.75, 3.05) is 7.11 Å². The van der Waals surface area contributed by atoms with E-state index >= 15 is 0 Å². The second-order valence-corrected chi connectivity index (χ2v) is 6.03. The number of nitriles is 1. The van der Waals surface area contributed by atoms with Gasteiger partial charge in [-0.1, -0.05) is 11.6 Å². The number of allylic oxidation sites excluding steroid dienone is 1. The van der Waals surface area contributed by atoms with Crippen LogP contribution in [0.25, 0.3) is 22.7 Å². The van der Waals surface area contributed by atoms with Gasteiger partial charge in [0.15, 0.2) is 0 Å². The number of methoxy groups -OCH3 is 1. The van der Waals surface area contributed by atoms with Crippen LogP contribution in [-0.4, -0.2) is 17.1 Å². The number of benzene rings is 1. The molecular weight excluding hydrogens is 306 g/mol. The lowest BCUT2D eigenvalue weighted by atomic mass is 10.2. The van der Waals surface area contributed by atoms with Gasteiger partial charge in [-0.25, -0.2) is 4.98 Å². The number of imidazole rings is 1. The predicted octanol–water partition coefficient (Wildman–Crippen LogP) is 4.35. The first-order valence-electron chi connectivity index (χ1n) is 6.11. The van der Waals surface area contributed by atoms with Gasteiger partial charge < -0.3 is 9.72 Å². The van der Waals surface area contributed by atoms with Gasteiger partial charge >= 0.3 is 0 Å². The van der Waals surface area contributed by atoms with E-state index in [4.69, 9.17) is 16.3 Å². The van der Waals surface area contributed by atoms with Gasteiger partial charge in [-0.05, 0) is 30.3 Å². The molecule has 0 amide bonds. The van der Waals surface area contributed by atoms with Crippen molar-refractivity contribution in [3.8, 4) is 11.8 Å². The molecule has 0 bridgehead atoms. The van der Waals surface area contributed by atoms with Crippen LogP contribution >= 0.6 is 22.9 Å². The Labute approximate surface area is 130 Å². The van der Waals surface area contributed by atoms with Crippen LogP contribution in [-0.2, 0) is 0 Å². The van der Waals surface area contributed by atoms with Gasteiger partial charge in [-0.2, -0.15) is 5.26 Å². The van der Waals surface area contributed by atoms with Gasteiger partial charge in [0.2, 0.25) is 0 Å². The number of hydrogen-bond acceptors (Lipinski definition) is 4. The minimum atomic E-state index is 0.462. The highest BCUT2D eigenvalue weighted by atomic mass is 35.5. The molecule has 21 heavy (non-hydrogen) atoms. The molecule has 0 atom stereocenters. The third-order valence-electron chi connectivity index (χ3n) is 2.95. The summed E-state index contributed by atoms with van der Waals surface area (Å²) in [5, 5.41) is 9.34. The van der Waals surface area contributed by atoms with E-state index in [2.05, 4.69) is 16.0 Å². The fraction of sp³-hybridized carbons (Fsp3) is 0.0667. The van der Waals surface area contributed by atoms with Crippen LogP contribution in [0.1, 0.15) is 10.7 Å². The molecule has 0 aliphatic heterocycles. The lowest BCUT2D eigenvalue weighted by Crippen LogP contribution is -1.83. The Bertz CT molecular complexity index is 873. The standard InChI is InChI=1S/C15H10ClN3OS/c1-20-10-2-4-12-13(7-10)19-15(18-12)9(8-17)6-11-3-5-14(16)21-11/h2-7H,1H3,(H,18,19)/b9-6-. The second-order valence-electron chi connectivity index (χ2n) is 4.28. The molecule has 4 nitrogen and oxygen atoms in total. The van der Waals surface area contributed by atoms with E-state index < -0.39 is 0 Å². The highest BCUT2D eigenvalue weighted by Gasteiger charge is 2.09. The number of fused-ring (bicyclic) bond motifs is 1. The Hall–Kier alpha value is -2.29. The zero-order valence-corrected chi connectivity index (χ0v) is 12.6. The second kappa shape index (κ2) is 5.60. The molecule has 2 heterocycles. The third-order valence-corrected chi connectivity index (χ3v) is 4.12. The molecule has 0 aliphatic carbocycles. The number of aromatic nitrogens is 2. The van der Waals surface area contributed by atoms with Crippen molar-refractivity contribution in [1.29, 1.82) is 5.26 Å². The number of rotatable bonds is 3. The monoisotopic (exact) mass is 315 g/mol. The molecule has 2 aromatic heterocycles. The van der Waals surface area contributed by atoms with Crippen LogP contribution in [0.4, 0.5) is 0 Å². The normalized spacial score (nSPS) is 11.6. The molecule has 0 aliphatic rings. The number of nitrogens with one attached hydrogen (secondary N) is 1. The van der Waals surface area contributed by atoms with Crippen molar-refractivity contribution in [1.82, 2.24) is 9.97 Å². The Morgan fingerprint density at radius 2 is 2.29 bits per heavy atom. The fourth-order valence-corrected chi connectivity index (χ4v) is 2.95. The quantitative estimate of drug-likeness (QED) is 0.731. The zero-order chi connectivity index (χ0) is 14.8. The maximum Gasteiger partial charge on any atom is 0.149 e. The zero-order valence-electron chi connectivity index (χ0n) is 11.1. The van der Waals surface area contributed by atoms with Gasteiger partial charge in [0.1, 0.15) is 17.6 Å². The Morgan fingerprint density at radius 1 is 1.43 bits per heavy atom. The van der Waals surface area contributed by atoms with Crippen molar-refractivity contribution >= 4 is 45.6 Å². The first-order chi connectivity index (χ1) is 10.2. The fourth-order valence-electron chi connectivity index (χ4n) is 1.94. The van der Waals surface area contributed by atoms with Crippen LogP contribution in [0, 0.1) is 11.3 Å². The molecule has 0 saturated carbocycles. The van der Waals surface area contributed by atoms with Crippen molar-refractivity contribution in [3.63, 3.8) is 0 Å². The molecule has 104 valence electrons. The van der Waals surface area contributed by atoms with Gasteiger partial charge in [-0.3, -0.25) is 0 Å². The SMILES string of the molecule is COc1ccc2nc(/C(C#N)=C\c3ccc(Cl)s3)[nH]c2c1. The number of nitrogens with zero attached hydrogens (tertiary/aromatic N) is 2.